The van der Waals surface area contributed by atoms with Crippen LogP contribution in [0.3, 0.4) is 0 Å². The third-order valence-electron chi connectivity index (χ3n) is 4.77. The number of Topliss-reactive ketones (excluding diaryl/α,β-unsaturated/α-hetero) is 1. The molecule has 0 aliphatic heterocycles. The molecule has 6 nitrogen and oxygen atoms in total. The minimum Gasteiger partial charge on any atom is -0.506 e. The van der Waals surface area contributed by atoms with E-state index >= 15 is 0 Å². The zero-order chi connectivity index (χ0) is 19.4. The van der Waals surface area contributed by atoms with Crippen LogP contribution in [0.1, 0.15) is 57.5 Å². The fourth-order valence-corrected chi connectivity index (χ4v) is 3.26. The van der Waals surface area contributed by atoms with Crippen LogP contribution in [0, 0.1) is 0 Å². The number of carbonyl (C=O) groups is 3. The normalized spacial score (nSPS) is 12.9. The van der Waals surface area contributed by atoms with Gasteiger partial charge in [0.05, 0.1) is 11.3 Å². The van der Waals surface area contributed by atoms with Gasteiger partial charge in [-0.2, -0.15) is 0 Å². The smallest absolute Gasteiger partial charge is 0.335 e. The van der Waals surface area contributed by atoms with E-state index in [-0.39, 0.29) is 35.6 Å². The van der Waals surface area contributed by atoms with E-state index in [1.165, 1.54) is 35.7 Å². The molecule has 0 bridgehead atoms. The number of aromatic carboxylic acids is 1. The van der Waals surface area contributed by atoms with Crippen LogP contribution >= 0.6 is 0 Å². The van der Waals surface area contributed by atoms with Crippen molar-refractivity contribution < 1.29 is 24.6 Å². The molecule has 2 aromatic carbocycles. The number of carbonyl (C=O) groups excluding carboxylic acids is 2. The van der Waals surface area contributed by atoms with Crippen molar-refractivity contribution in [3.8, 4) is 5.75 Å². The van der Waals surface area contributed by atoms with E-state index in [4.69, 9.17) is 5.11 Å². The van der Waals surface area contributed by atoms with E-state index in [1.54, 1.807) is 0 Å². The molecule has 3 rings (SSSR count). The number of aromatic hydroxyl groups is 1. The van der Waals surface area contributed by atoms with Crippen molar-refractivity contribution in [2.24, 2.45) is 0 Å². The summed E-state index contributed by atoms with van der Waals surface area (Å²) in [6.07, 6.45) is 4.33. The number of hydrogen-bond donors (Lipinski definition) is 3. The highest BCUT2D eigenvalue weighted by Crippen LogP contribution is 2.25. The van der Waals surface area contributed by atoms with Gasteiger partial charge in [0.25, 0.3) is 0 Å². The van der Waals surface area contributed by atoms with Gasteiger partial charge >= 0.3 is 5.97 Å². The molecule has 3 N–H and O–H groups in total. The molecule has 1 aliphatic carbocycles. The maximum Gasteiger partial charge on any atom is 0.335 e. The van der Waals surface area contributed by atoms with Gasteiger partial charge in [-0.15, -0.1) is 0 Å². The topological polar surface area (TPSA) is 104 Å². The summed E-state index contributed by atoms with van der Waals surface area (Å²) in [5.74, 6) is -1.95. The third-order valence-corrected chi connectivity index (χ3v) is 4.77. The van der Waals surface area contributed by atoms with Gasteiger partial charge in [0.1, 0.15) is 5.75 Å². The van der Waals surface area contributed by atoms with Crippen LogP contribution in [0.5, 0.6) is 5.75 Å². The van der Waals surface area contributed by atoms with Crippen molar-refractivity contribution in [3.63, 3.8) is 0 Å². The van der Waals surface area contributed by atoms with Crippen LogP contribution in [0.4, 0.5) is 5.69 Å². The van der Waals surface area contributed by atoms with E-state index in [2.05, 4.69) is 5.32 Å². The van der Waals surface area contributed by atoms with E-state index in [0.29, 0.717) is 5.56 Å². The summed E-state index contributed by atoms with van der Waals surface area (Å²) in [7, 11) is 0. The van der Waals surface area contributed by atoms with Crippen LogP contribution < -0.4 is 5.32 Å². The van der Waals surface area contributed by atoms with Gasteiger partial charge in [-0.05, 0) is 61.1 Å². The number of hydrogen-bond acceptors (Lipinski definition) is 4. The summed E-state index contributed by atoms with van der Waals surface area (Å²) in [4.78, 5) is 35.5. The Morgan fingerprint density at radius 1 is 0.889 bits per heavy atom. The molecular formula is C21H21NO5. The second kappa shape index (κ2) is 8.03. The Labute approximate surface area is 156 Å². The van der Waals surface area contributed by atoms with Gasteiger partial charge in [-0.3, -0.25) is 9.59 Å². The van der Waals surface area contributed by atoms with Gasteiger partial charge in [-0.1, -0.05) is 12.1 Å². The zero-order valence-corrected chi connectivity index (χ0v) is 14.8. The first-order valence-electron chi connectivity index (χ1n) is 8.95. The molecule has 0 radical (unpaired) electrons. The number of nitrogens with one attached hydrogen (secondary N) is 1. The number of phenolic OH excluding ortho intramolecular Hbond substituents is 1. The molecular weight excluding hydrogens is 346 g/mol. The lowest BCUT2D eigenvalue weighted by Gasteiger charge is -2.16. The molecule has 1 aliphatic rings. The molecule has 27 heavy (non-hydrogen) atoms. The van der Waals surface area contributed by atoms with E-state index in [9.17, 15) is 19.5 Å². The van der Waals surface area contributed by atoms with Gasteiger partial charge in [0.15, 0.2) is 5.78 Å². The van der Waals surface area contributed by atoms with E-state index in [0.717, 1.165) is 19.3 Å². The Hall–Kier alpha value is -3.15. The number of amides is 1. The molecule has 1 amide bonds. The predicted molar refractivity (Wildman–Crippen MR) is 100 cm³/mol. The Balaban J connectivity index is 1.60. The average Bonchev–Trinajstić information content (AvgIpc) is 2.67. The molecule has 0 atom stereocenters. The number of carboxylic acids is 1. The van der Waals surface area contributed by atoms with Crippen LogP contribution in [0.25, 0.3) is 0 Å². The lowest BCUT2D eigenvalue weighted by Crippen LogP contribution is -2.14. The maximum atomic E-state index is 12.4. The summed E-state index contributed by atoms with van der Waals surface area (Å²) >= 11 is 0. The molecule has 0 saturated heterocycles. The second-order valence-corrected chi connectivity index (χ2v) is 6.70. The first-order valence-corrected chi connectivity index (χ1v) is 8.95. The van der Waals surface area contributed by atoms with E-state index in [1.807, 2.05) is 18.2 Å². The molecule has 140 valence electrons. The third kappa shape index (κ3) is 4.53. The zero-order valence-electron chi connectivity index (χ0n) is 14.8. The molecule has 0 fully saturated rings. The summed E-state index contributed by atoms with van der Waals surface area (Å²) in [5, 5.41) is 21.2. The van der Waals surface area contributed by atoms with Crippen molar-refractivity contribution in [2.75, 3.05) is 5.32 Å². The van der Waals surface area contributed by atoms with Gasteiger partial charge < -0.3 is 15.5 Å². The van der Waals surface area contributed by atoms with Crippen molar-refractivity contribution in [2.45, 2.75) is 38.5 Å². The van der Waals surface area contributed by atoms with Gasteiger partial charge in [-0.25, -0.2) is 4.79 Å². The highest BCUT2D eigenvalue weighted by Gasteiger charge is 2.15. The molecule has 2 aromatic rings. The summed E-state index contributed by atoms with van der Waals surface area (Å²) in [5.41, 5.74) is 3.09. The van der Waals surface area contributed by atoms with Crippen LogP contribution in [-0.4, -0.2) is 27.9 Å². The summed E-state index contributed by atoms with van der Waals surface area (Å²) in [6.45, 7) is 0. The molecule has 0 saturated carbocycles. The standard InChI is InChI=1S/C21H21NO5/c23-18(15-6-5-13-3-1-2-4-14(13)11-15)9-10-20(25)22-17-12-16(21(26)27)7-8-19(17)24/h5-8,11-12,24H,1-4,9-10H2,(H,22,25)(H,26,27). The fraction of sp³-hybridized carbons (Fsp3) is 0.286. The largest absolute Gasteiger partial charge is 0.506 e. The maximum absolute atomic E-state index is 12.4. The van der Waals surface area contributed by atoms with Gasteiger partial charge in [0.2, 0.25) is 5.91 Å². The number of benzene rings is 2. The van der Waals surface area contributed by atoms with Crippen LogP contribution in [0.2, 0.25) is 0 Å². The SMILES string of the molecule is O=C(CCC(=O)c1ccc2c(c1)CCCC2)Nc1cc(C(=O)O)ccc1O. The fourth-order valence-electron chi connectivity index (χ4n) is 3.26. The lowest BCUT2D eigenvalue weighted by atomic mass is 9.89. The lowest BCUT2D eigenvalue weighted by molar-refractivity contribution is -0.116. The quantitative estimate of drug-likeness (QED) is 0.535. The van der Waals surface area contributed by atoms with Crippen molar-refractivity contribution in [1.82, 2.24) is 0 Å². The molecule has 0 unspecified atom stereocenters. The Bertz CT molecular complexity index is 903. The Morgan fingerprint density at radius 3 is 2.33 bits per heavy atom. The van der Waals surface area contributed by atoms with Crippen molar-refractivity contribution >= 4 is 23.3 Å². The number of carboxylic acid groups (broad SMARTS) is 1. The van der Waals surface area contributed by atoms with Gasteiger partial charge in [0, 0.05) is 18.4 Å². The first-order chi connectivity index (χ1) is 12.9. The molecule has 6 heteroatoms. The molecule has 0 heterocycles. The van der Waals surface area contributed by atoms with E-state index < -0.39 is 11.9 Å². The first kappa shape index (κ1) is 18.6. The minimum atomic E-state index is -1.16. The van der Waals surface area contributed by atoms with Crippen molar-refractivity contribution in [1.29, 1.82) is 0 Å². The number of ketones is 1. The average molecular weight is 367 g/mol. The van der Waals surface area contributed by atoms with Crippen LogP contribution in [-0.2, 0) is 17.6 Å². The molecule has 0 aromatic heterocycles. The number of fused-ring (bicyclic) bond motifs is 1. The minimum absolute atomic E-state index is 0.0149. The monoisotopic (exact) mass is 367 g/mol. The molecule has 0 spiro atoms. The number of anilines is 1. The van der Waals surface area contributed by atoms with Crippen LogP contribution in [0.15, 0.2) is 36.4 Å². The Kier molecular flexibility index (Phi) is 5.54. The highest BCUT2D eigenvalue weighted by atomic mass is 16.4. The second-order valence-electron chi connectivity index (χ2n) is 6.70. The predicted octanol–water partition coefficient (Wildman–Crippen LogP) is 3.57. The van der Waals surface area contributed by atoms with Crippen molar-refractivity contribution in [3.05, 3.63) is 58.7 Å². The Morgan fingerprint density at radius 2 is 1.59 bits per heavy atom. The number of rotatable bonds is 6. The highest BCUT2D eigenvalue weighted by molar-refractivity contribution is 6.01. The number of phenols is 1. The summed E-state index contributed by atoms with van der Waals surface area (Å²) in [6, 6.07) is 9.37. The number of aryl methyl sites for hydroxylation is 2. The summed E-state index contributed by atoms with van der Waals surface area (Å²) < 4.78 is 0.